The van der Waals surface area contributed by atoms with Crippen LogP contribution in [0.25, 0.3) is 0 Å². The van der Waals surface area contributed by atoms with Gasteiger partial charge in [-0.1, -0.05) is 13.8 Å². The topological polar surface area (TPSA) is 127 Å². The molecule has 4 saturated carbocycles. The number of carbonyl (C=O) groups is 1. The highest BCUT2D eigenvalue weighted by atomic mass is 16.7. The summed E-state index contributed by atoms with van der Waals surface area (Å²) in [6.45, 7) is 6.73. The van der Waals surface area contributed by atoms with Crippen LogP contribution in [0.15, 0.2) is 11.6 Å². The molecule has 1 spiro atoms. The smallest absolute Gasteiger partial charge is 0.331 e. The summed E-state index contributed by atoms with van der Waals surface area (Å²) in [6.07, 6.45) is 4.59. The van der Waals surface area contributed by atoms with Crippen molar-refractivity contribution in [2.75, 3.05) is 13.7 Å². The Labute approximate surface area is 230 Å². The third kappa shape index (κ3) is 3.41. The van der Waals surface area contributed by atoms with Gasteiger partial charge in [0.15, 0.2) is 6.29 Å². The number of aliphatic hydroxyl groups is 3. The van der Waals surface area contributed by atoms with E-state index < -0.39 is 41.9 Å². The molecule has 0 aromatic rings. The van der Waals surface area contributed by atoms with Gasteiger partial charge in [-0.25, -0.2) is 4.79 Å². The number of carbonyl (C=O) groups excluding carboxylic acids is 1. The second-order valence-electron chi connectivity index (χ2n) is 14.0. The number of cyclic esters (lactones) is 1. The Morgan fingerprint density at radius 3 is 2.56 bits per heavy atom. The van der Waals surface area contributed by atoms with E-state index >= 15 is 0 Å². The number of hydrogen-bond acceptors (Lipinski definition) is 9. The van der Waals surface area contributed by atoms with E-state index in [0.717, 1.165) is 50.5 Å². The number of hydrogen-bond donors (Lipinski definition) is 3. The van der Waals surface area contributed by atoms with Crippen molar-refractivity contribution in [2.24, 2.45) is 28.6 Å². The van der Waals surface area contributed by atoms with Crippen molar-refractivity contribution in [1.82, 2.24) is 0 Å². The molecule has 0 bridgehead atoms. The molecule has 2 saturated heterocycles. The molecule has 3 N–H and O–H groups in total. The van der Waals surface area contributed by atoms with Crippen molar-refractivity contribution in [3.8, 4) is 0 Å². The second kappa shape index (κ2) is 8.72. The summed E-state index contributed by atoms with van der Waals surface area (Å²) in [5.74, 6) is 0.532. The van der Waals surface area contributed by atoms with E-state index in [1.807, 2.05) is 0 Å². The number of esters is 1. The molecule has 6 fully saturated rings. The van der Waals surface area contributed by atoms with Gasteiger partial charge in [0.2, 0.25) is 0 Å². The number of epoxide rings is 1. The number of rotatable bonds is 4. The van der Waals surface area contributed by atoms with Gasteiger partial charge in [0.05, 0.1) is 18.3 Å². The van der Waals surface area contributed by atoms with E-state index in [2.05, 4.69) is 13.8 Å². The minimum atomic E-state index is -1.06. The maximum absolute atomic E-state index is 12.6. The van der Waals surface area contributed by atoms with E-state index in [4.69, 9.17) is 23.7 Å². The van der Waals surface area contributed by atoms with E-state index in [0.29, 0.717) is 18.9 Å². The molecule has 39 heavy (non-hydrogen) atoms. The molecule has 9 nitrogen and oxygen atoms in total. The van der Waals surface area contributed by atoms with Crippen LogP contribution in [-0.2, 0) is 28.5 Å². The lowest BCUT2D eigenvalue weighted by molar-refractivity contribution is -0.312. The Bertz CT molecular complexity index is 1060. The normalized spacial score (nSPS) is 58.0. The van der Waals surface area contributed by atoms with Crippen molar-refractivity contribution in [2.45, 2.75) is 126 Å². The average Bonchev–Trinajstić information content (AvgIpc) is 3.34. The molecule has 3 heterocycles. The fourth-order valence-electron chi connectivity index (χ4n) is 10.5. The van der Waals surface area contributed by atoms with Crippen molar-refractivity contribution in [1.29, 1.82) is 0 Å². The molecule has 14 atom stereocenters. The van der Waals surface area contributed by atoms with Crippen LogP contribution in [0.5, 0.6) is 0 Å². The van der Waals surface area contributed by atoms with Crippen LogP contribution in [0, 0.1) is 28.6 Å². The molecule has 7 rings (SSSR count). The van der Waals surface area contributed by atoms with Crippen LogP contribution < -0.4 is 0 Å². The largest absolute Gasteiger partial charge is 0.458 e. The molecule has 218 valence electrons. The lowest BCUT2D eigenvalue weighted by atomic mass is 9.43. The number of aliphatic hydroxyl groups excluding tert-OH is 2. The van der Waals surface area contributed by atoms with Crippen LogP contribution in [0.1, 0.15) is 72.1 Å². The summed E-state index contributed by atoms with van der Waals surface area (Å²) in [4.78, 5) is 11.9. The molecule has 0 radical (unpaired) electrons. The third-order valence-electron chi connectivity index (χ3n) is 12.7. The lowest BCUT2D eigenvalue weighted by Gasteiger charge is -2.62. The summed E-state index contributed by atoms with van der Waals surface area (Å²) in [5, 5.41) is 33.7. The molecule has 0 aromatic carbocycles. The summed E-state index contributed by atoms with van der Waals surface area (Å²) in [6, 6.07) is 0. The minimum absolute atomic E-state index is 0.0261. The van der Waals surface area contributed by atoms with Crippen LogP contribution in [0.2, 0.25) is 0 Å². The maximum Gasteiger partial charge on any atom is 0.331 e. The fourth-order valence-corrected chi connectivity index (χ4v) is 10.5. The highest BCUT2D eigenvalue weighted by molar-refractivity contribution is 5.85. The van der Waals surface area contributed by atoms with Gasteiger partial charge in [-0.05, 0) is 87.0 Å². The maximum atomic E-state index is 12.6. The first-order valence-electron chi connectivity index (χ1n) is 15.0. The summed E-state index contributed by atoms with van der Waals surface area (Å²) in [7, 11) is 1.48. The Morgan fingerprint density at radius 1 is 1.05 bits per heavy atom. The van der Waals surface area contributed by atoms with Gasteiger partial charge in [-0.3, -0.25) is 0 Å². The van der Waals surface area contributed by atoms with Gasteiger partial charge in [0, 0.05) is 18.6 Å². The zero-order valence-electron chi connectivity index (χ0n) is 23.5. The van der Waals surface area contributed by atoms with E-state index in [1.54, 1.807) is 13.0 Å². The Morgan fingerprint density at radius 2 is 1.85 bits per heavy atom. The number of fused-ring (bicyclic) bond motifs is 3. The van der Waals surface area contributed by atoms with Crippen molar-refractivity contribution >= 4 is 5.97 Å². The Kier molecular flexibility index (Phi) is 6.00. The van der Waals surface area contributed by atoms with Crippen molar-refractivity contribution < 1.29 is 43.8 Å². The molecule has 9 heteroatoms. The zero-order chi connectivity index (χ0) is 27.5. The van der Waals surface area contributed by atoms with Gasteiger partial charge in [-0.2, -0.15) is 0 Å². The molecule has 7 aliphatic rings. The molecule has 0 aromatic heterocycles. The third-order valence-corrected chi connectivity index (χ3v) is 12.7. The SMILES string of the molecule is CO[C@H]1[C@H](O)[C@@H](O[C@H]2CC[C@]3(C)C4CC[C@]5(C)[C@H](C6=CC(=O)OC6)CC[C@]5(O)[C@@]45O[C@H]5C[C@@H]3C2)O[C@@H](C)[C@@H]1O. The van der Waals surface area contributed by atoms with Gasteiger partial charge in [-0.15, -0.1) is 0 Å². The van der Waals surface area contributed by atoms with E-state index in [9.17, 15) is 20.1 Å². The molecule has 0 amide bonds. The van der Waals surface area contributed by atoms with Gasteiger partial charge in [0.25, 0.3) is 0 Å². The van der Waals surface area contributed by atoms with E-state index in [1.165, 1.54) is 7.11 Å². The number of methoxy groups -OCH3 is 1. The first-order valence-corrected chi connectivity index (χ1v) is 15.0. The van der Waals surface area contributed by atoms with Gasteiger partial charge >= 0.3 is 5.97 Å². The van der Waals surface area contributed by atoms with Gasteiger partial charge in [0.1, 0.15) is 36.1 Å². The quantitative estimate of drug-likeness (QED) is 0.275. The molecule has 3 aliphatic heterocycles. The Balaban J connectivity index is 1.09. The number of ether oxygens (including phenoxy) is 5. The Hall–Kier alpha value is -1.07. The standard InChI is InChI=1S/C30H44O9/c1-15-23(32)25(35-4)24(33)26(37-15)38-18-5-8-27(2)17(12-18)13-21-30(39-21)20(27)7-9-28(3)19(6-10-29(28,30)34)16-11-22(31)36-14-16/h11,15,17-21,23-26,32-34H,5-10,12-14H2,1-4H3/t15-,17-,18-,19-,20?,21-,23-,24-,25+,26+,27-,28+,29+,30+/m0/s1. The summed E-state index contributed by atoms with van der Waals surface area (Å²) >= 11 is 0. The van der Waals surface area contributed by atoms with Crippen molar-refractivity contribution in [3.63, 3.8) is 0 Å². The van der Waals surface area contributed by atoms with Crippen molar-refractivity contribution in [3.05, 3.63) is 11.6 Å². The first kappa shape index (κ1) is 26.8. The van der Waals surface area contributed by atoms with Crippen LogP contribution in [0.4, 0.5) is 0 Å². The fraction of sp³-hybridized carbons (Fsp3) is 0.900. The van der Waals surface area contributed by atoms with Crippen LogP contribution in [-0.4, -0.2) is 89.1 Å². The molecule has 1 unspecified atom stereocenters. The monoisotopic (exact) mass is 548 g/mol. The molecular formula is C30H44O9. The second-order valence-corrected chi connectivity index (χ2v) is 14.0. The van der Waals surface area contributed by atoms with E-state index in [-0.39, 0.29) is 40.8 Å². The highest BCUT2D eigenvalue weighted by Gasteiger charge is 2.84. The minimum Gasteiger partial charge on any atom is -0.458 e. The molecule has 4 aliphatic carbocycles. The first-order chi connectivity index (χ1) is 18.5. The van der Waals surface area contributed by atoms with Gasteiger partial charge < -0.3 is 39.0 Å². The predicted octanol–water partition coefficient (Wildman–Crippen LogP) is 2.24. The summed E-state index contributed by atoms with van der Waals surface area (Å²) in [5.41, 5.74) is -0.712. The lowest BCUT2D eigenvalue weighted by Crippen LogP contribution is -2.68. The molecular weight excluding hydrogens is 504 g/mol. The zero-order valence-corrected chi connectivity index (χ0v) is 23.5. The predicted molar refractivity (Wildman–Crippen MR) is 137 cm³/mol. The highest BCUT2D eigenvalue weighted by Crippen LogP contribution is 2.77. The van der Waals surface area contributed by atoms with Crippen LogP contribution >= 0.6 is 0 Å². The summed E-state index contributed by atoms with van der Waals surface area (Å²) < 4.78 is 29.5. The van der Waals surface area contributed by atoms with Crippen LogP contribution in [0.3, 0.4) is 0 Å². The average molecular weight is 549 g/mol.